The van der Waals surface area contributed by atoms with Crippen molar-refractivity contribution in [2.45, 2.75) is 0 Å². The first-order valence-electron chi connectivity index (χ1n) is 5.42. The van der Waals surface area contributed by atoms with E-state index in [1.54, 1.807) is 48.5 Å². The van der Waals surface area contributed by atoms with Crippen LogP contribution in [0.4, 0.5) is 0 Å². The average molecular weight is 258 g/mol. The molecule has 5 nitrogen and oxygen atoms in total. The van der Waals surface area contributed by atoms with Gasteiger partial charge in [-0.15, -0.1) is 0 Å². The second-order valence-corrected chi connectivity index (χ2v) is 3.48. The zero-order chi connectivity index (χ0) is 14.1. The first-order chi connectivity index (χ1) is 9.22. The molecule has 0 radical (unpaired) electrons. The van der Waals surface area contributed by atoms with Crippen molar-refractivity contribution < 1.29 is 15.3 Å². The third-order valence-electron chi connectivity index (χ3n) is 2.27. The molecular formula is C14H14N2O3. The van der Waals surface area contributed by atoms with E-state index in [2.05, 4.69) is 4.89 Å². The van der Waals surface area contributed by atoms with Gasteiger partial charge in [-0.2, -0.15) is 0 Å². The number of phenols is 1. The summed E-state index contributed by atoms with van der Waals surface area (Å²) in [5.74, 6) is 0.463. The highest BCUT2D eigenvalue weighted by Gasteiger charge is 1.96. The van der Waals surface area contributed by atoms with Crippen LogP contribution in [0.3, 0.4) is 0 Å². The summed E-state index contributed by atoms with van der Waals surface area (Å²) in [6.45, 7) is 0. The van der Waals surface area contributed by atoms with E-state index >= 15 is 0 Å². The number of rotatable bonds is 3. The van der Waals surface area contributed by atoms with E-state index < -0.39 is 0 Å². The maximum atomic E-state index is 8.96. The van der Waals surface area contributed by atoms with Crippen LogP contribution in [0.1, 0.15) is 11.1 Å². The standard InChI is InChI=1S/C7H7NO2.C7H7NO/c8-5-6-3-1-2-4-7(6)10-9;8-5-6-3-1-2-4-7(6)9/h1-5,8-9H;1-5,8-9H. The van der Waals surface area contributed by atoms with Gasteiger partial charge in [0.2, 0.25) is 0 Å². The molecule has 0 amide bonds. The highest BCUT2D eigenvalue weighted by atomic mass is 17.1. The van der Waals surface area contributed by atoms with E-state index in [0.29, 0.717) is 16.9 Å². The van der Waals surface area contributed by atoms with Crippen LogP contribution in [0.25, 0.3) is 0 Å². The summed E-state index contributed by atoms with van der Waals surface area (Å²) in [5, 5.41) is 30.9. The molecule has 0 aliphatic carbocycles. The summed E-state index contributed by atoms with van der Waals surface area (Å²) in [4.78, 5) is 3.98. The predicted octanol–water partition coefficient (Wildman–Crippen LogP) is 2.93. The number of nitrogens with one attached hydrogen (secondary N) is 2. The van der Waals surface area contributed by atoms with Gasteiger partial charge in [0.15, 0.2) is 5.75 Å². The third kappa shape index (κ3) is 4.25. The number of hydrogen-bond donors (Lipinski definition) is 4. The molecule has 0 heterocycles. The fraction of sp³-hybridized carbons (Fsp3) is 0. The van der Waals surface area contributed by atoms with Crippen molar-refractivity contribution in [3.05, 3.63) is 59.7 Å². The molecule has 0 unspecified atom stereocenters. The topological polar surface area (TPSA) is 97.4 Å². The van der Waals surface area contributed by atoms with E-state index in [4.69, 9.17) is 21.2 Å². The highest BCUT2D eigenvalue weighted by Crippen LogP contribution is 2.13. The smallest absolute Gasteiger partial charge is 0.173 e. The largest absolute Gasteiger partial charge is 0.507 e. The lowest BCUT2D eigenvalue weighted by Crippen LogP contribution is -1.88. The van der Waals surface area contributed by atoms with Crippen molar-refractivity contribution in [1.29, 1.82) is 10.8 Å². The Hall–Kier alpha value is -2.66. The van der Waals surface area contributed by atoms with Crippen molar-refractivity contribution >= 4 is 12.4 Å². The summed E-state index contributed by atoms with van der Waals surface area (Å²) < 4.78 is 0. The van der Waals surface area contributed by atoms with Gasteiger partial charge < -0.3 is 20.8 Å². The Morgan fingerprint density at radius 1 is 0.842 bits per heavy atom. The lowest BCUT2D eigenvalue weighted by Gasteiger charge is -1.97. The van der Waals surface area contributed by atoms with Crippen molar-refractivity contribution in [3.63, 3.8) is 0 Å². The van der Waals surface area contributed by atoms with Crippen molar-refractivity contribution in [2.75, 3.05) is 0 Å². The molecule has 5 heteroatoms. The molecule has 2 aromatic rings. The average Bonchev–Trinajstić information content (AvgIpc) is 2.48. The van der Waals surface area contributed by atoms with Crippen LogP contribution in [0.15, 0.2) is 48.5 Å². The number of para-hydroxylation sites is 2. The summed E-state index contributed by atoms with van der Waals surface area (Å²) in [7, 11) is 0. The minimum absolute atomic E-state index is 0.160. The Bertz CT molecular complexity index is 556. The van der Waals surface area contributed by atoms with Crippen LogP contribution in [0, 0.1) is 10.8 Å². The minimum atomic E-state index is 0.160. The lowest BCUT2D eigenvalue weighted by atomic mass is 10.2. The van der Waals surface area contributed by atoms with Gasteiger partial charge in [-0.3, -0.25) is 0 Å². The Balaban J connectivity index is 0.000000191. The second kappa shape index (κ2) is 7.62. The number of aromatic hydroxyl groups is 1. The summed E-state index contributed by atoms with van der Waals surface area (Å²) >= 11 is 0. The fourth-order valence-electron chi connectivity index (χ4n) is 1.29. The van der Waals surface area contributed by atoms with Crippen molar-refractivity contribution in [3.8, 4) is 11.5 Å². The molecule has 0 spiro atoms. The zero-order valence-corrected chi connectivity index (χ0v) is 10.1. The zero-order valence-electron chi connectivity index (χ0n) is 10.1. The second-order valence-electron chi connectivity index (χ2n) is 3.48. The fourth-order valence-corrected chi connectivity index (χ4v) is 1.29. The van der Waals surface area contributed by atoms with Crippen LogP contribution in [0.2, 0.25) is 0 Å². The molecule has 0 aliphatic heterocycles. The third-order valence-corrected chi connectivity index (χ3v) is 2.27. The molecular weight excluding hydrogens is 244 g/mol. The van der Waals surface area contributed by atoms with Crippen LogP contribution in [0.5, 0.6) is 11.5 Å². The SMILES string of the molecule is N=Cc1ccccc1O.N=Cc1ccccc1OO. The Labute approximate surface area is 110 Å². The van der Waals surface area contributed by atoms with E-state index in [9.17, 15) is 0 Å². The molecule has 0 fully saturated rings. The molecule has 2 rings (SSSR count). The predicted molar refractivity (Wildman–Crippen MR) is 73.6 cm³/mol. The van der Waals surface area contributed by atoms with Crippen molar-refractivity contribution in [2.24, 2.45) is 0 Å². The van der Waals surface area contributed by atoms with Crippen LogP contribution < -0.4 is 4.89 Å². The molecule has 4 N–H and O–H groups in total. The van der Waals surface area contributed by atoms with E-state index in [0.717, 1.165) is 12.4 Å². The van der Waals surface area contributed by atoms with Gasteiger partial charge in [-0.05, 0) is 24.3 Å². The minimum Gasteiger partial charge on any atom is -0.507 e. The highest BCUT2D eigenvalue weighted by molar-refractivity contribution is 5.81. The molecule has 2 aromatic carbocycles. The van der Waals surface area contributed by atoms with Crippen LogP contribution >= 0.6 is 0 Å². The monoisotopic (exact) mass is 258 g/mol. The Morgan fingerprint density at radius 3 is 1.79 bits per heavy atom. The van der Waals surface area contributed by atoms with E-state index in [1.165, 1.54) is 0 Å². The number of phenolic OH excluding ortho intramolecular Hbond substituents is 1. The van der Waals surface area contributed by atoms with Crippen LogP contribution in [-0.2, 0) is 0 Å². The van der Waals surface area contributed by atoms with Crippen molar-refractivity contribution in [1.82, 2.24) is 0 Å². The van der Waals surface area contributed by atoms with Crippen LogP contribution in [-0.4, -0.2) is 22.8 Å². The molecule has 98 valence electrons. The quantitative estimate of drug-likeness (QED) is 0.387. The number of benzene rings is 2. The van der Waals surface area contributed by atoms with Gasteiger partial charge >= 0.3 is 0 Å². The maximum Gasteiger partial charge on any atom is 0.173 e. The summed E-state index contributed by atoms with van der Waals surface area (Å²) in [6, 6.07) is 13.5. The first kappa shape index (κ1) is 14.4. The molecule has 19 heavy (non-hydrogen) atoms. The van der Waals surface area contributed by atoms with Gasteiger partial charge in [0.1, 0.15) is 5.75 Å². The molecule has 0 saturated heterocycles. The Morgan fingerprint density at radius 2 is 1.37 bits per heavy atom. The van der Waals surface area contributed by atoms with Gasteiger partial charge in [0.05, 0.1) is 0 Å². The lowest BCUT2D eigenvalue weighted by molar-refractivity contribution is -0.137. The normalized spacial score (nSPS) is 8.89. The summed E-state index contributed by atoms with van der Waals surface area (Å²) in [6.07, 6.45) is 2.24. The molecule has 0 saturated carbocycles. The number of hydrogen-bond acceptors (Lipinski definition) is 5. The van der Waals surface area contributed by atoms with Gasteiger partial charge in [-0.1, -0.05) is 24.3 Å². The molecule has 0 bridgehead atoms. The molecule has 0 aromatic heterocycles. The molecule has 0 aliphatic rings. The summed E-state index contributed by atoms with van der Waals surface area (Å²) in [5.41, 5.74) is 1.11. The Kier molecular flexibility index (Phi) is 5.78. The first-order valence-corrected chi connectivity index (χ1v) is 5.42. The maximum absolute atomic E-state index is 8.96. The van der Waals surface area contributed by atoms with E-state index in [1.807, 2.05) is 0 Å². The van der Waals surface area contributed by atoms with Gasteiger partial charge in [-0.25, -0.2) is 5.26 Å². The van der Waals surface area contributed by atoms with Gasteiger partial charge in [0.25, 0.3) is 0 Å². The van der Waals surface area contributed by atoms with E-state index in [-0.39, 0.29) is 5.75 Å². The molecule has 0 atom stereocenters. The van der Waals surface area contributed by atoms with Gasteiger partial charge in [0, 0.05) is 23.6 Å².